The van der Waals surface area contributed by atoms with Crippen molar-refractivity contribution in [1.82, 2.24) is 19.6 Å². The molecule has 0 amide bonds. The summed E-state index contributed by atoms with van der Waals surface area (Å²) in [5.41, 5.74) is 1.42. The number of hydrogen-bond acceptors (Lipinski definition) is 4. The summed E-state index contributed by atoms with van der Waals surface area (Å²) in [5.74, 6) is 0. The number of nitrogens with zero attached hydrogens (tertiary/aromatic N) is 3. The van der Waals surface area contributed by atoms with Crippen LogP contribution in [0.15, 0.2) is 29.2 Å². The van der Waals surface area contributed by atoms with Gasteiger partial charge in [0.2, 0.25) is 0 Å². The van der Waals surface area contributed by atoms with Crippen LogP contribution in [0.4, 0.5) is 0 Å². The highest BCUT2D eigenvalue weighted by molar-refractivity contribution is 6.30. The van der Waals surface area contributed by atoms with Crippen LogP contribution in [0.5, 0.6) is 0 Å². The first-order chi connectivity index (χ1) is 10.7. The molecule has 2 bridgehead atoms. The number of nitrogens with one attached hydrogen (secondary N) is 1. The summed E-state index contributed by atoms with van der Waals surface area (Å²) in [5, 5.41) is 4.21. The molecule has 22 heavy (non-hydrogen) atoms. The molecule has 0 saturated carbocycles. The van der Waals surface area contributed by atoms with Gasteiger partial charge in [0.1, 0.15) is 5.65 Å². The van der Waals surface area contributed by atoms with Gasteiger partial charge in [-0.25, -0.2) is 4.98 Å². The fourth-order valence-corrected chi connectivity index (χ4v) is 3.76. The van der Waals surface area contributed by atoms with Crippen LogP contribution in [0.1, 0.15) is 25.0 Å². The van der Waals surface area contributed by atoms with Crippen molar-refractivity contribution >= 4 is 17.2 Å². The van der Waals surface area contributed by atoms with Crippen molar-refractivity contribution in [2.24, 2.45) is 0 Å². The summed E-state index contributed by atoms with van der Waals surface area (Å²) in [6.07, 6.45) is 5.35. The van der Waals surface area contributed by atoms with Crippen molar-refractivity contribution in [3.63, 3.8) is 0 Å². The SMILES string of the molecule is O=c1cc(CN2CCC3CCC(C2)N3)nc2ccc(Cl)cn12. The minimum atomic E-state index is -0.0723. The molecular weight excluding hydrogens is 300 g/mol. The van der Waals surface area contributed by atoms with Crippen LogP contribution in [0.25, 0.3) is 5.65 Å². The van der Waals surface area contributed by atoms with Crippen molar-refractivity contribution in [1.29, 1.82) is 0 Å². The summed E-state index contributed by atoms with van der Waals surface area (Å²) < 4.78 is 1.50. The van der Waals surface area contributed by atoms with Crippen LogP contribution < -0.4 is 10.9 Å². The van der Waals surface area contributed by atoms with Crippen molar-refractivity contribution in [2.45, 2.75) is 37.9 Å². The number of pyridine rings is 1. The molecule has 4 heterocycles. The minimum Gasteiger partial charge on any atom is -0.310 e. The average Bonchev–Trinajstić information content (AvgIpc) is 2.83. The molecule has 2 aliphatic heterocycles. The summed E-state index contributed by atoms with van der Waals surface area (Å²) in [4.78, 5) is 19.2. The summed E-state index contributed by atoms with van der Waals surface area (Å²) in [6.45, 7) is 2.84. The van der Waals surface area contributed by atoms with E-state index in [1.165, 1.54) is 23.7 Å². The van der Waals surface area contributed by atoms with E-state index in [9.17, 15) is 4.79 Å². The number of halogens is 1. The molecule has 2 atom stereocenters. The standard InChI is InChI=1S/C16H19ClN4O/c17-11-1-4-15-19-14(7-16(22)21(15)8-11)10-20-6-5-12-2-3-13(9-20)18-12/h1,4,7-8,12-13,18H,2-3,5-6,9-10H2. The first-order valence-corrected chi connectivity index (χ1v) is 8.21. The second kappa shape index (κ2) is 5.65. The van der Waals surface area contributed by atoms with Gasteiger partial charge in [0, 0.05) is 44.0 Å². The monoisotopic (exact) mass is 318 g/mol. The van der Waals surface area contributed by atoms with E-state index < -0.39 is 0 Å². The zero-order valence-corrected chi connectivity index (χ0v) is 13.1. The van der Waals surface area contributed by atoms with Gasteiger partial charge in [0.15, 0.2) is 0 Å². The number of likely N-dealkylation sites (tertiary alicyclic amines) is 1. The molecule has 2 aliphatic rings. The topological polar surface area (TPSA) is 49.6 Å². The van der Waals surface area contributed by atoms with E-state index in [2.05, 4.69) is 15.2 Å². The number of rotatable bonds is 2. The highest BCUT2D eigenvalue weighted by atomic mass is 35.5. The lowest BCUT2D eigenvalue weighted by Crippen LogP contribution is -2.35. The quantitative estimate of drug-likeness (QED) is 0.915. The minimum absolute atomic E-state index is 0.0723. The van der Waals surface area contributed by atoms with Crippen LogP contribution in [-0.4, -0.2) is 39.5 Å². The molecule has 2 unspecified atom stereocenters. The second-order valence-corrected chi connectivity index (χ2v) is 6.76. The Morgan fingerprint density at radius 2 is 2.14 bits per heavy atom. The van der Waals surface area contributed by atoms with Crippen molar-refractivity contribution in [3.05, 3.63) is 45.5 Å². The largest absolute Gasteiger partial charge is 0.310 e. The van der Waals surface area contributed by atoms with Gasteiger partial charge in [-0.15, -0.1) is 0 Å². The van der Waals surface area contributed by atoms with E-state index in [4.69, 9.17) is 11.6 Å². The Morgan fingerprint density at radius 1 is 1.27 bits per heavy atom. The van der Waals surface area contributed by atoms with Gasteiger partial charge in [-0.2, -0.15) is 0 Å². The van der Waals surface area contributed by atoms with E-state index in [0.29, 0.717) is 22.8 Å². The van der Waals surface area contributed by atoms with E-state index in [0.717, 1.165) is 25.3 Å². The predicted molar refractivity (Wildman–Crippen MR) is 86.3 cm³/mol. The van der Waals surface area contributed by atoms with Gasteiger partial charge in [0.25, 0.3) is 5.56 Å². The van der Waals surface area contributed by atoms with Gasteiger partial charge in [0.05, 0.1) is 10.7 Å². The van der Waals surface area contributed by atoms with Gasteiger partial charge in [-0.05, 0) is 31.4 Å². The Labute approximate surface area is 133 Å². The smallest absolute Gasteiger partial charge is 0.258 e. The van der Waals surface area contributed by atoms with Crippen LogP contribution in [0.3, 0.4) is 0 Å². The average molecular weight is 319 g/mol. The predicted octanol–water partition coefficient (Wildman–Crippen LogP) is 1.67. The number of aromatic nitrogens is 2. The van der Waals surface area contributed by atoms with Crippen LogP contribution in [0, 0.1) is 0 Å². The lowest BCUT2D eigenvalue weighted by molar-refractivity contribution is 0.248. The Morgan fingerprint density at radius 3 is 3.05 bits per heavy atom. The van der Waals surface area contributed by atoms with Gasteiger partial charge < -0.3 is 5.32 Å². The molecule has 0 spiro atoms. The normalized spacial score (nSPS) is 25.5. The maximum absolute atomic E-state index is 12.2. The van der Waals surface area contributed by atoms with Gasteiger partial charge in [-0.3, -0.25) is 14.1 Å². The molecule has 6 heteroatoms. The molecular formula is C16H19ClN4O. The Kier molecular flexibility index (Phi) is 3.64. The maximum atomic E-state index is 12.2. The molecule has 116 valence electrons. The molecule has 0 aliphatic carbocycles. The van der Waals surface area contributed by atoms with E-state index >= 15 is 0 Å². The highest BCUT2D eigenvalue weighted by Crippen LogP contribution is 2.21. The zero-order valence-electron chi connectivity index (χ0n) is 12.3. The van der Waals surface area contributed by atoms with Crippen LogP contribution in [-0.2, 0) is 6.54 Å². The molecule has 2 fully saturated rings. The Bertz CT molecular complexity index is 759. The third kappa shape index (κ3) is 2.76. The van der Waals surface area contributed by atoms with Gasteiger partial charge in [-0.1, -0.05) is 11.6 Å². The van der Waals surface area contributed by atoms with E-state index in [-0.39, 0.29) is 5.56 Å². The fourth-order valence-electron chi connectivity index (χ4n) is 3.60. The maximum Gasteiger partial charge on any atom is 0.258 e. The van der Waals surface area contributed by atoms with Gasteiger partial charge >= 0.3 is 0 Å². The van der Waals surface area contributed by atoms with Crippen molar-refractivity contribution in [3.8, 4) is 0 Å². The van der Waals surface area contributed by atoms with E-state index in [1.54, 1.807) is 24.4 Å². The molecule has 2 saturated heterocycles. The highest BCUT2D eigenvalue weighted by Gasteiger charge is 2.29. The zero-order chi connectivity index (χ0) is 15.1. The van der Waals surface area contributed by atoms with E-state index in [1.807, 2.05) is 0 Å². The molecule has 2 aromatic heterocycles. The number of fused-ring (bicyclic) bond motifs is 3. The Balaban J connectivity index is 1.59. The molecule has 0 aromatic carbocycles. The fraction of sp³-hybridized carbons (Fsp3) is 0.500. The summed E-state index contributed by atoms with van der Waals surface area (Å²) in [7, 11) is 0. The third-order valence-electron chi connectivity index (χ3n) is 4.67. The van der Waals surface area contributed by atoms with Crippen LogP contribution >= 0.6 is 11.6 Å². The second-order valence-electron chi connectivity index (χ2n) is 6.32. The molecule has 0 radical (unpaired) electrons. The van der Waals surface area contributed by atoms with Crippen molar-refractivity contribution < 1.29 is 0 Å². The molecule has 4 rings (SSSR count). The first kappa shape index (κ1) is 14.2. The molecule has 2 aromatic rings. The molecule has 5 nitrogen and oxygen atoms in total. The molecule has 1 N–H and O–H groups in total. The van der Waals surface area contributed by atoms with Crippen molar-refractivity contribution in [2.75, 3.05) is 13.1 Å². The number of hydrogen-bond donors (Lipinski definition) is 1. The summed E-state index contributed by atoms with van der Waals surface area (Å²) >= 11 is 5.94. The lowest BCUT2D eigenvalue weighted by atomic mass is 10.1. The first-order valence-electron chi connectivity index (χ1n) is 7.84. The Hall–Kier alpha value is -1.43. The third-order valence-corrected chi connectivity index (χ3v) is 4.89. The lowest BCUT2D eigenvalue weighted by Gasteiger charge is -2.23. The summed E-state index contributed by atoms with van der Waals surface area (Å²) in [6, 6.07) is 6.45. The van der Waals surface area contributed by atoms with Crippen LogP contribution in [0.2, 0.25) is 5.02 Å².